The average Bonchev–Trinajstić information content (AvgIpc) is 3.12. The first kappa shape index (κ1) is 19.3. The highest BCUT2D eigenvalue weighted by Gasteiger charge is 2.43. The fourth-order valence-corrected chi connectivity index (χ4v) is 5.12. The molecule has 1 fully saturated rings. The van der Waals surface area contributed by atoms with Gasteiger partial charge in [-0.1, -0.05) is 11.8 Å². The van der Waals surface area contributed by atoms with Crippen molar-refractivity contribution in [3.05, 3.63) is 46.3 Å². The van der Waals surface area contributed by atoms with Crippen molar-refractivity contribution in [3.63, 3.8) is 0 Å². The lowest BCUT2D eigenvalue weighted by atomic mass is 10.0. The largest absolute Gasteiger partial charge is 0.347 e. The van der Waals surface area contributed by atoms with Gasteiger partial charge < -0.3 is 9.47 Å². The summed E-state index contributed by atoms with van der Waals surface area (Å²) in [6.45, 7) is 9.35. The molecule has 0 amide bonds. The Balaban J connectivity index is 1.83. The van der Waals surface area contributed by atoms with Crippen molar-refractivity contribution < 1.29 is 19.1 Å². The Labute approximate surface area is 161 Å². The van der Waals surface area contributed by atoms with Crippen molar-refractivity contribution in [2.45, 2.75) is 55.1 Å². The van der Waals surface area contributed by atoms with Crippen LogP contribution in [0.3, 0.4) is 0 Å². The lowest BCUT2D eigenvalue weighted by Gasteiger charge is -2.24. The predicted molar refractivity (Wildman–Crippen MR) is 103 cm³/mol. The van der Waals surface area contributed by atoms with Gasteiger partial charge in [-0.25, -0.2) is 0 Å². The van der Waals surface area contributed by atoms with E-state index in [0.29, 0.717) is 17.7 Å². The monoisotopic (exact) mass is 390 g/mol. The molecule has 1 aliphatic rings. The lowest BCUT2D eigenvalue weighted by molar-refractivity contribution is -0.159. The van der Waals surface area contributed by atoms with Gasteiger partial charge in [-0.05, 0) is 69.8 Å². The van der Waals surface area contributed by atoms with E-state index in [0.717, 1.165) is 14.7 Å². The molecule has 6 heteroatoms. The standard InChI is InChI=1S/C20H22O4S2/c1-12(21)16-7-6-15(9-17(16)13(2)22)26-18-8-14(10-25-18)20(5)11-23-19(3,4)24-20/h6-10H,11H2,1-5H3. The summed E-state index contributed by atoms with van der Waals surface area (Å²) in [5.74, 6) is -0.780. The van der Waals surface area contributed by atoms with Crippen molar-refractivity contribution in [2.24, 2.45) is 0 Å². The average molecular weight is 391 g/mol. The molecule has 1 atom stereocenters. The van der Waals surface area contributed by atoms with Crippen LogP contribution in [0.25, 0.3) is 0 Å². The van der Waals surface area contributed by atoms with Gasteiger partial charge in [0, 0.05) is 16.0 Å². The van der Waals surface area contributed by atoms with E-state index in [1.54, 1.807) is 35.2 Å². The number of hydrogen-bond donors (Lipinski definition) is 0. The number of hydrogen-bond acceptors (Lipinski definition) is 6. The molecular formula is C20H22O4S2. The lowest BCUT2D eigenvalue weighted by Crippen LogP contribution is -2.27. The van der Waals surface area contributed by atoms with Crippen LogP contribution in [0.15, 0.2) is 38.8 Å². The van der Waals surface area contributed by atoms with Gasteiger partial charge in [0.2, 0.25) is 0 Å². The maximum Gasteiger partial charge on any atom is 0.164 e. The van der Waals surface area contributed by atoms with Gasteiger partial charge in [0.15, 0.2) is 17.4 Å². The third kappa shape index (κ3) is 3.93. The molecule has 1 aliphatic heterocycles. The van der Waals surface area contributed by atoms with Crippen LogP contribution in [0, 0.1) is 0 Å². The van der Waals surface area contributed by atoms with E-state index < -0.39 is 11.4 Å². The topological polar surface area (TPSA) is 52.6 Å². The first-order valence-electron chi connectivity index (χ1n) is 8.36. The zero-order valence-corrected chi connectivity index (χ0v) is 17.2. The van der Waals surface area contributed by atoms with Gasteiger partial charge in [0.25, 0.3) is 0 Å². The van der Waals surface area contributed by atoms with Gasteiger partial charge in [-0.2, -0.15) is 0 Å². The van der Waals surface area contributed by atoms with E-state index in [9.17, 15) is 9.59 Å². The Morgan fingerprint density at radius 1 is 1.08 bits per heavy atom. The zero-order valence-electron chi connectivity index (χ0n) is 15.5. The fraction of sp³-hybridized carbons (Fsp3) is 0.400. The molecule has 0 saturated carbocycles. The molecule has 0 bridgehead atoms. The number of carbonyl (C=O) groups is 2. The Kier molecular flexibility index (Phi) is 5.14. The number of carbonyl (C=O) groups excluding carboxylic acids is 2. The molecule has 2 aromatic rings. The minimum atomic E-state index is -0.580. The fourth-order valence-electron chi connectivity index (χ4n) is 3.00. The second kappa shape index (κ2) is 6.93. The van der Waals surface area contributed by atoms with Crippen LogP contribution in [-0.2, 0) is 15.1 Å². The molecule has 0 radical (unpaired) electrons. The summed E-state index contributed by atoms with van der Waals surface area (Å²) < 4.78 is 12.9. The summed E-state index contributed by atoms with van der Waals surface area (Å²) in [6.07, 6.45) is 0. The Morgan fingerprint density at radius 3 is 2.35 bits per heavy atom. The van der Waals surface area contributed by atoms with Crippen LogP contribution in [-0.4, -0.2) is 24.0 Å². The van der Waals surface area contributed by atoms with Crippen LogP contribution < -0.4 is 0 Å². The molecule has 1 unspecified atom stereocenters. The van der Waals surface area contributed by atoms with Gasteiger partial charge in [-0.3, -0.25) is 9.59 Å². The minimum Gasteiger partial charge on any atom is -0.347 e. The van der Waals surface area contributed by atoms with Crippen LogP contribution in [0.4, 0.5) is 0 Å². The highest BCUT2D eigenvalue weighted by Crippen LogP contribution is 2.42. The van der Waals surface area contributed by atoms with Gasteiger partial charge in [0.05, 0.1) is 10.8 Å². The number of Topliss-reactive ketones (excluding diaryl/α,β-unsaturated/α-hetero) is 2. The zero-order chi connectivity index (χ0) is 19.1. The second-order valence-electron chi connectivity index (χ2n) is 7.10. The summed E-state index contributed by atoms with van der Waals surface area (Å²) in [5, 5.41) is 2.09. The maximum atomic E-state index is 11.9. The number of benzene rings is 1. The summed E-state index contributed by atoms with van der Waals surface area (Å²) >= 11 is 3.21. The Hall–Kier alpha value is -1.47. The first-order chi connectivity index (χ1) is 12.1. The number of thiophene rings is 1. The number of rotatable bonds is 5. The van der Waals surface area contributed by atoms with Crippen molar-refractivity contribution in [1.29, 1.82) is 0 Å². The third-order valence-electron chi connectivity index (χ3n) is 4.32. The van der Waals surface area contributed by atoms with Crippen LogP contribution in [0.1, 0.15) is 60.9 Å². The van der Waals surface area contributed by atoms with E-state index in [1.165, 1.54) is 13.8 Å². The van der Waals surface area contributed by atoms with E-state index in [1.807, 2.05) is 26.8 Å². The first-order valence-corrected chi connectivity index (χ1v) is 10.1. The molecule has 2 heterocycles. The Bertz CT molecular complexity index is 868. The molecule has 0 aliphatic carbocycles. The smallest absolute Gasteiger partial charge is 0.164 e. The molecule has 3 rings (SSSR count). The van der Waals surface area contributed by atoms with Crippen LogP contribution in [0.2, 0.25) is 0 Å². The summed E-state index contributed by atoms with van der Waals surface area (Å²) in [6, 6.07) is 7.51. The van der Waals surface area contributed by atoms with Gasteiger partial charge in [-0.15, -0.1) is 11.3 Å². The van der Waals surface area contributed by atoms with Crippen LogP contribution >= 0.6 is 23.1 Å². The van der Waals surface area contributed by atoms with E-state index in [-0.39, 0.29) is 11.6 Å². The molecule has 0 N–H and O–H groups in total. The number of ketones is 2. The quantitative estimate of drug-likeness (QED) is 0.648. The Morgan fingerprint density at radius 2 is 1.77 bits per heavy atom. The summed E-state index contributed by atoms with van der Waals surface area (Å²) in [7, 11) is 0. The number of ether oxygens (including phenoxy) is 2. The highest BCUT2D eigenvalue weighted by atomic mass is 32.2. The normalized spacial score (nSPS) is 21.7. The third-order valence-corrected chi connectivity index (χ3v) is 6.39. The minimum absolute atomic E-state index is 0.0981. The molecule has 4 nitrogen and oxygen atoms in total. The molecule has 0 spiro atoms. The van der Waals surface area contributed by atoms with Gasteiger partial charge >= 0.3 is 0 Å². The SMILES string of the molecule is CC(=O)c1ccc(Sc2cc(C3(C)COC(C)(C)O3)cs2)cc1C(C)=O. The van der Waals surface area contributed by atoms with E-state index in [2.05, 4.69) is 11.4 Å². The molecule has 1 aromatic heterocycles. The van der Waals surface area contributed by atoms with Crippen molar-refractivity contribution in [1.82, 2.24) is 0 Å². The van der Waals surface area contributed by atoms with Crippen molar-refractivity contribution >= 4 is 34.7 Å². The second-order valence-corrected chi connectivity index (χ2v) is 9.38. The predicted octanol–water partition coefficient (Wildman–Crippen LogP) is 5.30. The van der Waals surface area contributed by atoms with Crippen molar-refractivity contribution in [3.8, 4) is 0 Å². The maximum absolute atomic E-state index is 11.9. The van der Waals surface area contributed by atoms with Crippen LogP contribution in [0.5, 0.6) is 0 Å². The summed E-state index contributed by atoms with van der Waals surface area (Å²) in [5.41, 5.74) is 1.57. The van der Waals surface area contributed by atoms with E-state index in [4.69, 9.17) is 9.47 Å². The molecular weight excluding hydrogens is 368 g/mol. The van der Waals surface area contributed by atoms with Crippen molar-refractivity contribution in [2.75, 3.05) is 6.61 Å². The van der Waals surface area contributed by atoms with Gasteiger partial charge in [0.1, 0.15) is 5.60 Å². The summed E-state index contributed by atoms with van der Waals surface area (Å²) in [4.78, 5) is 24.5. The molecule has 1 aromatic carbocycles. The van der Waals surface area contributed by atoms with E-state index >= 15 is 0 Å². The molecule has 1 saturated heterocycles. The molecule has 26 heavy (non-hydrogen) atoms. The molecule has 138 valence electrons. The highest BCUT2D eigenvalue weighted by molar-refractivity contribution is 8.01.